The molecular formula is C27H28F2N6O2. The van der Waals surface area contributed by atoms with Gasteiger partial charge in [0.2, 0.25) is 0 Å². The van der Waals surface area contributed by atoms with E-state index in [0.29, 0.717) is 28.8 Å². The zero-order chi connectivity index (χ0) is 25.4. The Kier molecular flexibility index (Phi) is 6.43. The van der Waals surface area contributed by atoms with Gasteiger partial charge in [0, 0.05) is 32.2 Å². The first-order valence-electron chi connectivity index (χ1n) is 12.6. The van der Waals surface area contributed by atoms with Crippen LogP contribution < -0.4 is 15.5 Å². The van der Waals surface area contributed by atoms with Crippen molar-refractivity contribution in [2.75, 3.05) is 49.6 Å². The van der Waals surface area contributed by atoms with Crippen LogP contribution in [0.4, 0.5) is 26.0 Å². The van der Waals surface area contributed by atoms with Crippen LogP contribution in [0.5, 0.6) is 0 Å². The molecule has 37 heavy (non-hydrogen) atoms. The van der Waals surface area contributed by atoms with Crippen molar-refractivity contribution < 1.29 is 18.3 Å². The van der Waals surface area contributed by atoms with Crippen LogP contribution in [0.25, 0.3) is 11.3 Å². The monoisotopic (exact) mass is 506 g/mol. The highest BCUT2D eigenvalue weighted by molar-refractivity contribution is 6.04. The number of fused-ring (bicyclic) bond motifs is 1. The summed E-state index contributed by atoms with van der Waals surface area (Å²) in [5.41, 5.74) is 2.13. The number of benzene rings is 1. The molecule has 0 spiro atoms. The molecule has 1 aromatic carbocycles. The van der Waals surface area contributed by atoms with Crippen LogP contribution in [0.3, 0.4) is 0 Å². The minimum atomic E-state index is -0.712. The van der Waals surface area contributed by atoms with Gasteiger partial charge in [-0.1, -0.05) is 6.07 Å². The van der Waals surface area contributed by atoms with Crippen molar-refractivity contribution in [1.82, 2.24) is 20.2 Å². The molecular weight excluding hydrogens is 478 g/mol. The normalized spacial score (nSPS) is 18.5. The number of pyridine rings is 2. The van der Waals surface area contributed by atoms with Crippen molar-refractivity contribution in [2.45, 2.75) is 25.4 Å². The molecule has 2 aromatic heterocycles. The van der Waals surface area contributed by atoms with E-state index in [2.05, 4.69) is 30.4 Å². The summed E-state index contributed by atoms with van der Waals surface area (Å²) < 4.78 is 34.4. The second-order valence-corrected chi connectivity index (χ2v) is 9.55. The molecule has 3 aliphatic rings. The molecule has 0 aliphatic carbocycles. The lowest BCUT2D eigenvalue weighted by Gasteiger charge is -2.40. The SMILES string of the molecule is O=C1NCc2nc(-c3c(F)cccc3F)cc(Nc3ccc(N4CCC(N5CCOCC5)CC4)cn3)c21. The largest absolute Gasteiger partial charge is 0.379 e. The van der Waals surface area contributed by atoms with Gasteiger partial charge in [-0.3, -0.25) is 9.69 Å². The van der Waals surface area contributed by atoms with E-state index in [4.69, 9.17) is 4.74 Å². The quantitative estimate of drug-likeness (QED) is 0.546. The number of ether oxygens (including phenoxy) is 1. The fourth-order valence-corrected chi connectivity index (χ4v) is 5.42. The lowest BCUT2D eigenvalue weighted by atomic mass is 10.0. The van der Waals surface area contributed by atoms with Crippen LogP contribution in [0.1, 0.15) is 28.9 Å². The number of anilines is 3. The van der Waals surface area contributed by atoms with E-state index in [1.165, 1.54) is 24.3 Å². The zero-order valence-corrected chi connectivity index (χ0v) is 20.3. The van der Waals surface area contributed by atoms with E-state index < -0.39 is 11.6 Å². The first kappa shape index (κ1) is 23.7. The van der Waals surface area contributed by atoms with Crippen LogP contribution in [0.15, 0.2) is 42.6 Å². The molecule has 192 valence electrons. The molecule has 6 rings (SSSR count). The summed E-state index contributed by atoms with van der Waals surface area (Å²) in [6.45, 7) is 5.77. The molecule has 5 heterocycles. The number of piperidine rings is 1. The lowest BCUT2D eigenvalue weighted by molar-refractivity contribution is 0.0115. The third-order valence-corrected chi connectivity index (χ3v) is 7.36. The Labute approximate surface area is 213 Å². The molecule has 1 amide bonds. The highest BCUT2D eigenvalue weighted by Gasteiger charge is 2.28. The Morgan fingerprint density at radius 3 is 2.46 bits per heavy atom. The Morgan fingerprint density at radius 1 is 1.00 bits per heavy atom. The second kappa shape index (κ2) is 10.0. The maximum absolute atomic E-state index is 14.5. The first-order chi connectivity index (χ1) is 18.1. The minimum absolute atomic E-state index is 0.119. The topological polar surface area (TPSA) is 82.6 Å². The molecule has 3 aromatic rings. The van der Waals surface area contributed by atoms with Crippen LogP contribution in [-0.2, 0) is 11.3 Å². The van der Waals surface area contributed by atoms with E-state index >= 15 is 0 Å². The molecule has 2 fully saturated rings. The third kappa shape index (κ3) is 4.74. The van der Waals surface area contributed by atoms with Gasteiger partial charge < -0.3 is 20.3 Å². The summed E-state index contributed by atoms with van der Waals surface area (Å²) >= 11 is 0. The summed E-state index contributed by atoms with van der Waals surface area (Å²) in [6, 6.07) is 9.64. The van der Waals surface area contributed by atoms with Gasteiger partial charge in [-0.15, -0.1) is 0 Å². The average molecular weight is 507 g/mol. The smallest absolute Gasteiger partial charge is 0.255 e. The number of amides is 1. The maximum atomic E-state index is 14.5. The van der Waals surface area contributed by atoms with Crippen LogP contribution in [-0.4, -0.2) is 66.2 Å². The van der Waals surface area contributed by atoms with Gasteiger partial charge in [0.15, 0.2) is 0 Å². The number of hydrogen-bond acceptors (Lipinski definition) is 7. The van der Waals surface area contributed by atoms with Crippen molar-refractivity contribution in [3.05, 3.63) is 65.5 Å². The van der Waals surface area contributed by atoms with Gasteiger partial charge >= 0.3 is 0 Å². The van der Waals surface area contributed by atoms with E-state index in [9.17, 15) is 13.6 Å². The fraction of sp³-hybridized carbons (Fsp3) is 0.370. The number of carbonyl (C=O) groups excluding carboxylic acids is 1. The van der Waals surface area contributed by atoms with Gasteiger partial charge in [-0.2, -0.15) is 0 Å². The van der Waals surface area contributed by atoms with Gasteiger partial charge in [-0.05, 0) is 43.2 Å². The number of hydrogen-bond donors (Lipinski definition) is 2. The summed E-state index contributed by atoms with van der Waals surface area (Å²) in [4.78, 5) is 26.3. The molecule has 0 unspecified atom stereocenters. The Hall–Kier alpha value is -3.63. The Balaban J connectivity index is 1.20. The molecule has 0 bridgehead atoms. The van der Waals surface area contributed by atoms with Crippen molar-refractivity contribution in [3.8, 4) is 11.3 Å². The number of aromatic nitrogens is 2. The zero-order valence-electron chi connectivity index (χ0n) is 20.3. The van der Waals surface area contributed by atoms with E-state index in [0.717, 1.165) is 57.9 Å². The maximum Gasteiger partial charge on any atom is 0.255 e. The molecule has 0 saturated carbocycles. The summed E-state index contributed by atoms with van der Waals surface area (Å²) in [5.74, 6) is -1.18. The molecule has 8 nitrogen and oxygen atoms in total. The lowest BCUT2D eigenvalue weighted by Crippen LogP contribution is -2.49. The molecule has 3 aliphatic heterocycles. The van der Waals surface area contributed by atoms with E-state index in [1.54, 1.807) is 0 Å². The number of nitrogens with zero attached hydrogens (tertiary/aromatic N) is 4. The molecule has 10 heteroatoms. The number of halogens is 2. The van der Waals surface area contributed by atoms with Gasteiger partial charge in [0.25, 0.3) is 5.91 Å². The van der Waals surface area contributed by atoms with Crippen molar-refractivity contribution >= 4 is 23.1 Å². The highest BCUT2D eigenvalue weighted by atomic mass is 19.1. The van der Waals surface area contributed by atoms with E-state index in [1.807, 2.05) is 18.3 Å². The minimum Gasteiger partial charge on any atom is -0.379 e. The molecule has 2 saturated heterocycles. The summed E-state index contributed by atoms with van der Waals surface area (Å²) in [5, 5.41) is 5.90. The predicted octanol–water partition coefficient (Wildman–Crippen LogP) is 3.71. The van der Waals surface area contributed by atoms with Gasteiger partial charge in [0.1, 0.15) is 17.5 Å². The summed E-state index contributed by atoms with van der Waals surface area (Å²) in [6.07, 6.45) is 4.03. The van der Waals surface area contributed by atoms with Gasteiger partial charge in [-0.25, -0.2) is 18.7 Å². The molecule has 0 atom stereocenters. The number of rotatable bonds is 5. The summed E-state index contributed by atoms with van der Waals surface area (Å²) in [7, 11) is 0. The predicted molar refractivity (Wildman–Crippen MR) is 136 cm³/mol. The van der Waals surface area contributed by atoms with Crippen LogP contribution in [0.2, 0.25) is 0 Å². The number of morpholine rings is 1. The number of carbonyl (C=O) groups is 1. The van der Waals surface area contributed by atoms with Gasteiger partial charge in [0.05, 0.1) is 59.8 Å². The number of nitrogens with one attached hydrogen (secondary N) is 2. The van der Waals surface area contributed by atoms with Crippen LogP contribution in [0, 0.1) is 11.6 Å². The third-order valence-electron chi connectivity index (χ3n) is 7.36. The first-order valence-corrected chi connectivity index (χ1v) is 12.6. The van der Waals surface area contributed by atoms with Crippen molar-refractivity contribution in [2.24, 2.45) is 0 Å². The molecule has 2 N–H and O–H groups in total. The fourth-order valence-electron chi connectivity index (χ4n) is 5.42. The highest BCUT2D eigenvalue weighted by Crippen LogP contribution is 2.33. The second-order valence-electron chi connectivity index (χ2n) is 9.55. The molecule has 0 radical (unpaired) electrons. The average Bonchev–Trinajstić information content (AvgIpc) is 3.30. The van der Waals surface area contributed by atoms with Crippen molar-refractivity contribution in [1.29, 1.82) is 0 Å². The standard InChI is InChI=1S/C27H28F2N6O2/c28-19-2-1-3-20(29)25(19)21-14-22(26-23(32-21)16-31-27(26)36)33-24-5-4-18(15-30-24)34-8-6-17(7-9-34)35-10-12-37-13-11-35/h1-5,14-15,17H,6-13,16H2,(H,31,36)(H,30,32,33). The van der Waals surface area contributed by atoms with Crippen molar-refractivity contribution in [3.63, 3.8) is 0 Å². The van der Waals surface area contributed by atoms with E-state index in [-0.39, 0.29) is 23.7 Å². The Bertz CT molecular complexity index is 1280. The van der Waals surface area contributed by atoms with Crippen LogP contribution >= 0.6 is 0 Å². The Morgan fingerprint density at radius 2 is 1.76 bits per heavy atom.